The molecule has 7 nitrogen and oxygen atoms in total. The van der Waals surface area contributed by atoms with Crippen LogP contribution in [0.5, 0.6) is 5.75 Å². The van der Waals surface area contributed by atoms with Crippen molar-refractivity contribution in [3.8, 4) is 5.75 Å². The summed E-state index contributed by atoms with van der Waals surface area (Å²) in [6, 6.07) is 25.7. The third kappa shape index (κ3) is 7.75. The van der Waals surface area contributed by atoms with E-state index < -0.39 is 10.0 Å². The number of carbonyl (C=O) groups excluding carboxylic acids is 1. The fourth-order valence-corrected chi connectivity index (χ4v) is 6.64. The van der Waals surface area contributed by atoms with E-state index in [1.807, 2.05) is 60.7 Å². The van der Waals surface area contributed by atoms with Gasteiger partial charge in [0.25, 0.3) is 0 Å². The van der Waals surface area contributed by atoms with Crippen LogP contribution in [-0.4, -0.2) is 44.9 Å². The summed E-state index contributed by atoms with van der Waals surface area (Å²) in [4.78, 5) is 14.9. The molecule has 1 heterocycles. The Hall–Kier alpha value is -3.01. The molecule has 3 aromatic carbocycles. The minimum absolute atomic E-state index is 0.00158. The highest BCUT2D eigenvalue weighted by atomic mass is 32.2. The number of amides is 1. The second kappa shape index (κ2) is 13.2. The fraction of sp³-hybridized carbons (Fsp3) is 0.345. The van der Waals surface area contributed by atoms with Gasteiger partial charge in [-0.1, -0.05) is 48.5 Å². The topological polar surface area (TPSA) is 79.0 Å². The molecule has 9 heteroatoms. The molecule has 1 atom stereocenters. The smallest absolute Gasteiger partial charge is 0.239 e. The zero-order valence-electron chi connectivity index (χ0n) is 21.6. The van der Waals surface area contributed by atoms with Gasteiger partial charge in [-0.2, -0.15) is 0 Å². The van der Waals surface area contributed by atoms with Crippen LogP contribution >= 0.6 is 12.9 Å². The van der Waals surface area contributed by atoms with Gasteiger partial charge in [-0.25, -0.2) is 8.42 Å². The number of piperidine rings is 1. The van der Waals surface area contributed by atoms with Crippen molar-refractivity contribution in [1.82, 2.24) is 4.90 Å². The zero-order valence-corrected chi connectivity index (χ0v) is 23.3. The average Bonchev–Trinajstić information content (AvgIpc) is 2.93. The summed E-state index contributed by atoms with van der Waals surface area (Å²) in [7, 11) is -3.58. The number of benzene rings is 3. The molecule has 0 spiro atoms. The highest BCUT2D eigenvalue weighted by molar-refractivity contribution is 7.92. The minimum atomic E-state index is -3.58. The summed E-state index contributed by atoms with van der Waals surface area (Å²) in [5.41, 5.74) is 2.18. The lowest BCUT2D eigenvalue weighted by Crippen LogP contribution is -2.48. The molecule has 1 N–H and O–H groups in total. The van der Waals surface area contributed by atoms with Crippen LogP contribution < -0.4 is 13.8 Å². The van der Waals surface area contributed by atoms with Crippen LogP contribution in [-0.2, 0) is 20.6 Å². The van der Waals surface area contributed by atoms with Crippen molar-refractivity contribution in [1.29, 1.82) is 0 Å². The van der Waals surface area contributed by atoms with Crippen molar-refractivity contribution in [3.05, 3.63) is 90.5 Å². The van der Waals surface area contributed by atoms with Gasteiger partial charge in [0, 0.05) is 37.6 Å². The van der Waals surface area contributed by atoms with E-state index in [4.69, 9.17) is 4.18 Å². The molecule has 1 saturated heterocycles. The summed E-state index contributed by atoms with van der Waals surface area (Å²) in [5.74, 6) is 0.868. The molecule has 1 aliphatic rings. The van der Waals surface area contributed by atoms with Gasteiger partial charge >= 0.3 is 0 Å². The first-order valence-corrected chi connectivity index (χ1v) is 14.9. The average molecular weight is 554 g/mol. The predicted octanol–water partition coefficient (Wildman–Crippen LogP) is 5.38. The van der Waals surface area contributed by atoms with Gasteiger partial charge in [-0.3, -0.25) is 14.0 Å². The van der Waals surface area contributed by atoms with Crippen LogP contribution in [0.4, 0.5) is 11.4 Å². The lowest BCUT2D eigenvalue weighted by atomic mass is 9.92. The van der Waals surface area contributed by atoms with Crippen molar-refractivity contribution >= 4 is 40.2 Å². The van der Waals surface area contributed by atoms with Crippen molar-refractivity contribution < 1.29 is 17.4 Å². The molecule has 202 valence electrons. The van der Waals surface area contributed by atoms with E-state index in [0.717, 1.165) is 37.2 Å². The van der Waals surface area contributed by atoms with Crippen LogP contribution in [0.25, 0.3) is 0 Å². The molecule has 38 heavy (non-hydrogen) atoms. The normalized spacial score (nSPS) is 15.5. The van der Waals surface area contributed by atoms with Crippen LogP contribution in [0, 0.1) is 5.92 Å². The Morgan fingerprint density at radius 3 is 2.21 bits per heavy atom. The van der Waals surface area contributed by atoms with E-state index in [1.165, 1.54) is 0 Å². The van der Waals surface area contributed by atoms with Crippen LogP contribution in [0.3, 0.4) is 0 Å². The molecule has 0 bridgehead atoms. The van der Waals surface area contributed by atoms with E-state index in [9.17, 15) is 13.2 Å². The number of thiol groups is 1. The number of rotatable bonds is 11. The maximum absolute atomic E-state index is 13.5. The monoisotopic (exact) mass is 553 g/mol. The van der Waals surface area contributed by atoms with Crippen molar-refractivity contribution in [2.24, 2.45) is 5.92 Å². The van der Waals surface area contributed by atoms with Gasteiger partial charge < -0.3 is 9.50 Å². The maximum Gasteiger partial charge on any atom is 0.239 e. The van der Waals surface area contributed by atoms with Crippen LogP contribution in [0.15, 0.2) is 84.9 Å². The Morgan fingerprint density at radius 2 is 1.61 bits per heavy atom. The number of nitrogens with zero attached hydrogens (tertiary/aromatic N) is 2. The molecule has 3 aromatic rings. The van der Waals surface area contributed by atoms with E-state index in [1.54, 1.807) is 28.6 Å². The molecular weight excluding hydrogens is 518 g/mol. The van der Waals surface area contributed by atoms with Gasteiger partial charge in [0.1, 0.15) is 5.75 Å². The molecule has 0 saturated carbocycles. The second-order valence-electron chi connectivity index (χ2n) is 9.80. The van der Waals surface area contributed by atoms with Crippen LogP contribution in [0.2, 0.25) is 0 Å². The molecule has 4 rings (SSSR count). The number of hydrogen-bond donors (Lipinski definition) is 2. The SMILES string of the molecule is C[C@H](CN(c1ccccc1)S(=O)(=O)Cc1ccccc1)N1CCC(CC(=O)Nc2ccc(OS)cc2)CC1. The molecule has 1 amide bonds. The van der Waals surface area contributed by atoms with Crippen molar-refractivity contribution in [2.75, 3.05) is 29.3 Å². The minimum Gasteiger partial charge on any atom is -0.429 e. The summed E-state index contributed by atoms with van der Waals surface area (Å²) in [5, 5.41) is 2.95. The Balaban J connectivity index is 1.33. The Labute approximate surface area is 231 Å². The van der Waals surface area contributed by atoms with Gasteiger partial charge in [-0.05, 0) is 80.7 Å². The van der Waals surface area contributed by atoms with E-state index in [2.05, 4.69) is 30.1 Å². The Morgan fingerprint density at radius 1 is 1.00 bits per heavy atom. The van der Waals surface area contributed by atoms with Gasteiger partial charge in [-0.15, -0.1) is 0 Å². The van der Waals surface area contributed by atoms with Crippen molar-refractivity contribution in [3.63, 3.8) is 0 Å². The first-order chi connectivity index (χ1) is 18.3. The van der Waals surface area contributed by atoms with E-state index in [0.29, 0.717) is 30.3 Å². The number of para-hydroxylation sites is 1. The molecule has 0 unspecified atom stereocenters. The number of nitrogens with one attached hydrogen (secondary N) is 1. The molecule has 0 aromatic heterocycles. The third-order valence-corrected chi connectivity index (χ3v) is 8.93. The standard InChI is InChI=1S/C29H35N3O4S2/c1-23(21-32(27-10-6-3-7-11-27)38(34,35)22-25-8-4-2-5-9-25)31-18-16-24(17-19-31)20-29(33)30-26-12-14-28(36-37)15-13-26/h2-15,23-24,37H,16-22H2,1H3,(H,30,33)/t23-/m1/s1. The second-order valence-corrected chi connectivity index (χ2v) is 11.9. The van der Waals surface area contributed by atoms with Crippen LogP contribution in [0.1, 0.15) is 31.7 Å². The third-order valence-electron chi connectivity index (χ3n) is 6.99. The first kappa shape index (κ1) is 28.0. The number of sulfonamides is 1. The molecule has 0 aliphatic carbocycles. The zero-order chi connectivity index (χ0) is 27.0. The number of anilines is 2. The molecule has 0 radical (unpaired) electrons. The summed E-state index contributed by atoms with van der Waals surface area (Å²) >= 11 is 3.77. The van der Waals surface area contributed by atoms with Crippen molar-refractivity contribution in [2.45, 2.75) is 38.0 Å². The summed E-state index contributed by atoms with van der Waals surface area (Å²) in [6.45, 7) is 4.11. The summed E-state index contributed by atoms with van der Waals surface area (Å²) in [6.07, 6.45) is 2.26. The lowest BCUT2D eigenvalue weighted by Gasteiger charge is -2.38. The quantitative estimate of drug-likeness (QED) is 0.246. The lowest BCUT2D eigenvalue weighted by molar-refractivity contribution is -0.117. The number of likely N-dealkylation sites (tertiary alicyclic amines) is 1. The summed E-state index contributed by atoms with van der Waals surface area (Å²) < 4.78 is 33.5. The maximum atomic E-state index is 13.5. The highest BCUT2D eigenvalue weighted by Gasteiger charge is 2.29. The predicted molar refractivity (Wildman–Crippen MR) is 156 cm³/mol. The van der Waals surface area contributed by atoms with Gasteiger partial charge in [0.05, 0.1) is 11.4 Å². The Kier molecular flexibility index (Phi) is 9.71. The number of carbonyl (C=O) groups is 1. The van der Waals surface area contributed by atoms with Gasteiger partial charge in [0.15, 0.2) is 0 Å². The number of hydrogen-bond acceptors (Lipinski definition) is 6. The highest BCUT2D eigenvalue weighted by Crippen LogP contribution is 2.26. The molecular formula is C29H35N3O4S2. The fourth-order valence-electron chi connectivity index (χ4n) is 4.86. The molecule has 1 fully saturated rings. The van der Waals surface area contributed by atoms with E-state index >= 15 is 0 Å². The van der Waals surface area contributed by atoms with Gasteiger partial charge in [0.2, 0.25) is 15.9 Å². The molecule has 1 aliphatic heterocycles. The Bertz CT molecular complexity index is 1260. The largest absolute Gasteiger partial charge is 0.429 e. The first-order valence-electron chi connectivity index (χ1n) is 12.9. The van der Waals surface area contributed by atoms with E-state index in [-0.39, 0.29) is 17.7 Å².